The van der Waals surface area contributed by atoms with E-state index >= 15 is 0 Å². The Hall–Kier alpha value is -0.940. The molecule has 5 nitrogen and oxygen atoms in total. The van der Waals surface area contributed by atoms with Crippen LogP contribution in [0.25, 0.3) is 0 Å². The third-order valence-corrected chi connectivity index (χ3v) is 2.31. The lowest BCUT2D eigenvalue weighted by Crippen LogP contribution is -2.47. The van der Waals surface area contributed by atoms with Crippen LogP contribution in [0.2, 0.25) is 0 Å². The highest BCUT2D eigenvalue weighted by atomic mass is 16.3. The molecule has 1 fully saturated rings. The zero-order chi connectivity index (χ0) is 10.7. The van der Waals surface area contributed by atoms with Crippen LogP contribution in [0.3, 0.4) is 0 Å². The molecule has 80 valence electrons. The number of aliphatic hydroxyl groups excluding tert-OH is 1. The summed E-state index contributed by atoms with van der Waals surface area (Å²) in [5.41, 5.74) is 5.21. The van der Waals surface area contributed by atoms with Crippen molar-refractivity contribution >= 4 is 11.8 Å². The second kappa shape index (κ2) is 4.52. The molecule has 1 heterocycles. The van der Waals surface area contributed by atoms with Gasteiger partial charge in [0, 0.05) is 19.4 Å². The van der Waals surface area contributed by atoms with E-state index in [9.17, 15) is 14.7 Å². The number of rotatable bonds is 3. The largest absolute Gasteiger partial charge is 0.390 e. The molecule has 1 saturated heterocycles. The number of imide groups is 1. The summed E-state index contributed by atoms with van der Waals surface area (Å²) in [4.78, 5) is 23.9. The van der Waals surface area contributed by atoms with Gasteiger partial charge in [0.25, 0.3) is 0 Å². The summed E-state index contributed by atoms with van der Waals surface area (Å²) in [5.74, 6) is -0.302. The quantitative estimate of drug-likeness (QED) is 0.578. The molecular weight excluding hydrogens is 184 g/mol. The first-order chi connectivity index (χ1) is 6.54. The van der Waals surface area contributed by atoms with Crippen LogP contribution in [0, 0.1) is 5.92 Å². The van der Waals surface area contributed by atoms with Gasteiger partial charge < -0.3 is 10.8 Å². The normalized spacial score (nSPS) is 21.5. The molecule has 0 aromatic rings. The highest BCUT2D eigenvalue weighted by Crippen LogP contribution is 2.18. The molecule has 0 bridgehead atoms. The van der Waals surface area contributed by atoms with Crippen LogP contribution < -0.4 is 5.73 Å². The number of hydrogen-bond acceptors (Lipinski definition) is 4. The van der Waals surface area contributed by atoms with Gasteiger partial charge in [-0.15, -0.1) is 0 Å². The van der Waals surface area contributed by atoms with Gasteiger partial charge in [0.2, 0.25) is 11.8 Å². The predicted molar refractivity (Wildman–Crippen MR) is 50.2 cm³/mol. The number of nitrogens with zero attached hydrogens (tertiary/aromatic N) is 1. The fourth-order valence-electron chi connectivity index (χ4n) is 1.52. The minimum Gasteiger partial charge on any atom is -0.390 e. The van der Waals surface area contributed by atoms with Crippen molar-refractivity contribution in [1.29, 1.82) is 0 Å². The summed E-state index contributed by atoms with van der Waals surface area (Å²) in [6.45, 7) is 1.96. The van der Waals surface area contributed by atoms with Crippen molar-refractivity contribution in [1.82, 2.24) is 4.90 Å². The lowest BCUT2D eigenvalue weighted by Gasteiger charge is -2.29. The molecule has 14 heavy (non-hydrogen) atoms. The number of likely N-dealkylation sites (tertiary alicyclic amines) is 1. The van der Waals surface area contributed by atoms with Crippen LogP contribution >= 0.6 is 0 Å². The molecule has 0 spiro atoms. The third-order valence-electron chi connectivity index (χ3n) is 2.31. The summed E-state index contributed by atoms with van der Waals surface area (Å²) in [6, 6.07) is 0. The van der Waals surface area contributed by atoms with Gasteiger partial charge in [-0.1, -0.05) is 6.92 Å². The first-order valence-electron chi connectivity index (χ1n) is 4.76. The second-order valence-corrected chi connectivity index (χ2v) is 3.80. The SMILES string of the molecule is CC1CC(=O)N(CC(O)CN)C(=O)C1. The van der Waals surface area contributed by atoms with Crippen molar-refractivity contribution in [3.63, 3.8) is 0 Å². The smallest absolute Gasteiger partial charge is 0.229 e. The van der Waals surface area contributed by atoms with Crippen molar-refractivity contribution in [2.45, 2.75) is 25.9 Å². The lowest BCUT2D eigenvalue weighted by molar-refractivity contribution is -0.151. The molecular formula is C9H16N2O3. The van der Waals surface area contributed by atoms with E-state index in [0.29, 0.717) is 12.8 Å². The Balaban J connectivity index is 2.59. The molecule has 1 aliphatic rings. The minimum absolute atomic E-state index is 0.0287. The maximum atomic E-state index is 11.4. The summed E-state index contributed by atoms with van der Waals surface area (Å²) in [5, 5.41) is 9.24. The molecule has 1 rings (SSSR count). The van der Waals surface area contributed by atoms with Gasteiger partial charge in [-0.05, 0) is 5.92 Å². The number of β-amino-alcohol motifs (C(OH)–C–C–N with tert-alkyl or cyclic N) is 1. The fraction of sp³-hybridized carbons (Fsp3) is 0.778. The van der Waals surface area contributed by atoms with Gasteiger partial charge in [0.05, 0.1) is 12.6 Å². The minimum atomic E-state index is -0.809. The molecule has 0 aromatic heterocycles. The highest BCUT2D eigenvalue weighted by Gasteiger charge is 2.31. The van der Waals surface area contributed by atoms with Gasteiger partial charge in [-0.3, -0.25) is 14.5 Å². The number of piperidine rings is 1. The molecule has 0 aromatic carbocycles. The summed E-state index contributed by atoms with van der Waals surface area (Å²) >= 11 is 0. The van der Waals surface area contributed by atoms with Gasteiger partial charge in [0.15, 0.2) is 0 Å². The molecule has 0 radical (unpaired) electrons. The molecule has 0 aliphatic carbocycles. The monoisotopic (exact) mass is 200 g/mol. The van der Waals surface area contributed by atoms with E-state index in [4.69, 9.17) is 5.73 Å². The van der Waals surface area contributed by atoms with Gasteiger partial charge in [-0.2, -0.15) is 0 Å². The maximum absolute atomic E-state index is 11.4. The van der Waals surface area contributed by atoms with E-state index in [-0.39, 0.29) is 30.8 Å². The van der Waals surface area contributed by atoms with E-state index < -0.39 is 6.10 Å². The van der Waals surface area contributed by atoms with Gasteiger partial charge >= 0.3 is 0 Å². The van der Waals surface area contributed by atoms with Crippen LogP contribution in [-0.2, 0) is 9.59 Å². The molecule has 3 N–H and O–H groups in total. The number of amides is 2. The van der Waals surface area contributed by atoms with Crippen LogP contribution in [0.1, 0.15) is 19.8 Å². The van der Waals surface area contributed by atoms with E-state index in [0.717, 1.165) is 4.90 Å². The predicted octanol–water partition coefficient (Wildman–Crippen LogP) is -0.909. The number of carbonyl (C=O) groups excluding carboxylic acids is 2. The van der Waals surface area contributed by atoms with E-state index in [2.05, 4.69) is 0 Å². The molecule has 1 unspecified atom stereocenters. The van der Waals surface area contributed by atoms with Crippen molar-refractivity contribution in [2.75, 3.05) is 13.1 Å². The average Bonchev–Trinajstić information content (AvgIpc) is 2.10. The Labute approximate surface area is 82.9 Å². The molecule has 0 saturated carbocycles. The van der Waals surface area contributed by atoms with Crippen LogP contribution in [0.15, 0.2) is 0 Å². The number of aliphatic hydroxyl groups is 1. The Bertz CT molecular complexity index is 224. The van der Waals surface area contributed by atoms with Crippen LogP contribution in [-0.4, -0.2) is 41.0 Å². The Morgan fingerprint density at radius 1 is 1.50 bits per heavy atom. The van der Waals surface area contributed by atoms with Crippen molar-refractivity contribution in [3.05, 3.63) is 0 Å². The Morgan fingerprint density at radius 3 is 2.43 bits per heavy atom. The molecule has 1 atom stereocenters. The van der Waals surface area contributed by atoms with Crippen LogP contribution in [0.5, 0.6) is 0 Å². The third kappa shape index (κ3) is 2.52. The number of carbonyl (C=O) groups is 2. The van der Waals surface area contributed by atoms with Gasteiger partial charge in [0.1, 0.15) is 0 Å². The zero-order valence-electron chi connectivity index (χ0n) is 8.27. The van der Waals surface area contributed by atoms with Gasteiger partial charge in [-0.25, -0.2) is 0 Å². The fourth-order valence-corrected chi connectivity index (χ4v) is 1.52. The van der Waals surface area contributed by atoms with Crippen molar-refractivity contribution < 1.29 is 14.7 Å². The summed E-state index contributed by atoms with van der Waals surface area (Å²) < 4.78 is 0. The van der Waals surface area contributed by atoms with E-state index in [1.54, 1.807) is 0 Å². The highest BCUT2D eigenvalue weighted by molar-refractivity contribution is 5.97. The first-order valence-corrected chi connectivity index (χ1v) is 4.76. The number of hydrogen-bond donors (Lipinski definition) is 2. The second-order valence-electron chi connectivity index (χ2n) is 3.80. The number of nitrogens with two attached hydrogens (primary N) is 1. The lowest BCUT2D eigenvalue weighted by atomic mass is 9.97. The van der Waals surface area contributed by atoms with E-state index in [1.165, 1.54) is 0 Å². The summed E-state index contributed by atoms with van der Waals surface area (Å²) in [7, 11) is 0. The Kier molecular flexibility index (Phi) is 3.60. The zero-order valence-corrected chi connectivity index (χ0v) is 8.27. The molecule has 1 aliphatic heterocycles. The average molecular weight is 200 g/mol. The summed E-state index contributed by atoms with van der Waals surface area (Å²) in [6.07, 6.45) is -0.0530. The first kappa shape index (κ1) is 11.1. The van der Waals surface area contributed by atoms with E-state index in [1.807, 2.05) is 6.92 Å². The standard InChI is InChI=1S/C9H16N2O3/c1-6-2-8(13)11(9(14)3-6)5-7(12)4-10/h6-7,12H,2-5,10H2,1H3. The molecule has 2 amide bonds. The maximum Gasteiger partial charge on any atom is 0.229 e. The van der Waals surface area contributed by atoms with Crippen LogP contribution in [0.4, 0.5) is 0 Å². The molecule has 5 heteroatoms. The Morgan fingerprint density at radius 2 is 2.00 bits per heavy atom. The van der Waals surface area contributed by atoms with Crippen molar-refractivity contribution in [2.24, 2.45) is 11.7 Å². The topological polar surface area (TPSA) is 83.6 Å². The van der Waals surface area contributed by atoms with Crippen molar-refractivity contribution in [3.8, 4) is 0 Å².